The van der Waals surface area contributed by atoms with Crippen molar-refractivity contribution in [2.24, 2.45) is 0 Å². The third-order valence-electron chi connectivity index (χ3n) is 3.83. The van der Waals surface area contributed by atoms with Crippen LogP contribution in [0, 0.1) is 0 Å². The zero-order chi connectivity index (χ0) is 20.1. The van der Waals surface area contributed by atoms with E-state index in [1.807, 2.05) is 0 Å². The Bertz CT molecular complexity index is 990. The number of aromatic nitrogens is 1. The Morgan fingerprint density at radius 1 is 1.00 bits per heavy atom. The fourth-order valence-corrected chi connectivity index (χ4v) is 2.51. The maximum absolute atomic E-state index is 12.8. The molecule has 2 aromatic carbocycles. The molecule has 0 spiro atoms. The molecule has 1 aromatic heterocycles. The Balaban J connectivity index is 1.78. The number of methoxy groups -OCH3 is 1. The van der Waals surface area contributed by atoms with Gasteiger partial charge in [0.15, 0.2) is 0 Å². The van der Waals surface area contributed by atoms with Crippen molar-refractivity contribution in [3.63, 3.8) is 0 Å². The van der Waals surface area contributed by atoms with E-state index in [-0.39, 0.29) is 11.3 Å². The third-order valence-corrected chi connectivity index (χ3v) is 3.83. The van der Waals surface area contributed by atoms with E-state index >= 15 is 0 Å². The van der Waals surface area contributed by atoms with Gasteiger partial charge in [-0.25, -0.2) is 0 Å². The van der Waals surface area contributed by atoms with Crippen LogP contribution in [-0.2, 0) is 6.18 Å². The maximum Gasteiger partial charge on any atom is 0.416 e. The molecule has 0 bridgehead atoms. The molecule has 5 nitrogen and oxygen atoms in total. The van der Waals surface area contributed by atoms with E-state index in [1.165, 1.54) is 37.7 Å². The molecule has 0 unspecified atom stereocenters. The van der Waals surface area contributed by atoms with Gasteiger partial charge in [-0.3, -0.25) is 9.78 Å². The van der Waals surface area contributed by atoms with Gasteiger partial charge in [-0.2, -0.15) is 13.2 Å². The van der Waals surface area contributed by atoms with Gasteiger partial charge in [-0.1, -0.05) is 18.2 Å². The first-order valence-corrected chi connectivity index (χ1v) is 8.20. The quantitative estimate of drug-likeness (QED) is 0.639. The van der Waals surface area contributed by atoms with E-state index in [4.69, 9.17) is 4.74 Å². The van der Waals surface area contributed by atoms with Crippen LogP contribution in [0.1, 0.15) is 15.9 Å². The molecular formula is C20H16F3N3O2. The Labute approximate surface area is 159 Å². The van der Waals surface area contributed by atoms with Gasteiger partial charge in [0.2, 0.25) is 0 Å². The van der Waals surface area contributed by atoms with E-state index in [9.17, 15) is 18.0 Å². The van der Waals surface area contributed by atoms with Gasteiger partial charge < -0.3 is 15.4 Å². The number of rotatable bonds is 5. The fraction of sp³-hybridized carbons (Fsp3) is 0.100. The Morgan fingerprint density at radius 2 is 1.79 bits per heavy atom. The molecule has 3 aromatic rings. The first-order valence-electron chi connectivity index (χ1n) is 8.20. The number of alkyl halides is 3. The van der Waals surface area contributed by atoms with Crippen LogP contribution < -0.4 is 15.4 Å². The summed E-state index contributed by atoms with van der Waals surface area (Å²) < 4.78 is 43.7. The van der Waals surface area contributed by atoms with Gasteiger partial charge in [0.1, 0.15) is 5.75 Å². The number of anilines is 3. The van der Waals surface area contributed by atoms with Crippen LogP contribution in [0.5, 0.6) is 5.75 Å². The summed E-state index contributed by atoms with van der Waals surface area (Å²) in [6.45, 7) is 0. The number of carbonyl (C=O) groups excluding carboxylic acids is 1. The normalized spacial score (nSPS) is 11.0. The highest BCUT2D eigenvalue weighted by molar-refractivity contribution is 6.05. The predicted molar refractivity (Wildman–Crippen MR) is 99.9 cm³/mol. The van der Waals surface area contributed by atoms with Gasteiger partial charge in [0.05, 0.1) is 35.8 Å². The predicted octanol–water partition coefficient (Wildman–Crippen LogP) is 5.10. The minimum Gasteiger partial charge on any atom is -0.495 e. The molecule has 0 aliphatic heterocycles. The second-order valence-corrected chi connectivity index (χ2v) is 5.82. The van der Waals surface area contributed by atoms with Gasteiger partial charge in [0.25, 0.3) is 5.91 Å². The van der Waals surface area contributed by atoms with Crippen molar-refractivity contribution >= 4 is 23.0 Å². The molecule has 0 aliphatic rings. The van der Waals surface area contributed by atoms with Crippen LogP contribution in [0.4, 0.5) is 30.2 Å². The SMILES string of the molecule is COc1ccccc1NC(=O)c1cncc(Nc2cccc(C(F)(F)F)c2)c1. The number of para-hydroxylation sites is 2. The number of carbonyl (C=O) groups is 1. The van der Waals surface area contributed by atoms with Gasteiger partial charge in [-0.15, -0.1) is 0 Å². The smallest absolute Gasteiger partial charge is 0.416 e. The highest BCUT2D eigenvalue weighted by atomic mass is 19.4. The summed E-state index contributed by atoms with van der Waals surface area (Å²) in [6, 6.07) is 13.2. The van der Waals surface area contributed by atoms with E-state index in [2.05, 4.69) is 15.6 Å². The van der Waals surface area contributed by atoms with Crippen LogP contribution in [0.25, 0.3) is 0 Å². The number of nitrogens with zero attached hydrogens (tertiary/aromatic N) is 1. The molecule has 1 amide bonds. The molecule has 0 fully saturated rings. The van der Waals surface area contributed by atoms with Crippen molar-refractivity contribution in [2.45, 2.75) is 6.18 Å². The van der Waals surface area contributed by atoms with E-state index < -0.39 is 17.6 Å². The standard InChI is InChI=1S/C20H16F3N3O2/c1-28-18-8-3-2-7-17(18)26-19(27)13-9-16(12-24-11-13)25-15-6-4-5-14(10-15)20(21,22)23/h2-12,25H,1H3,(H,26,27). The number of pyridine rings is 1. The van der Waals surface area contributed by atoms with Crippen molar-refractivity contribution in [1.29, 1.82) is 0 Å². The maximum atomic E-state index is 12.8. The summed E-state index contributed by atoms with van der Waals surface area (Å²) in [4.78, 5) is 16.5. The van der Waals surface area contributed by atoms with Crippen LogP contribution in [0.15, 0.2) is 67.0 Å². The number of hydrogen-bond donors (Lipinski definition) is 2. The van der Waals surface area contributed by atoms with Crippen molar-refractivity contribution in [3.8, 4) is 5.75 Å². The molecule has 0 aliphatic carbocycles. The van der Waals surface area contributed by atoms with Crippen molar-refractivity contribution in [1.82, 2.24) is 4.98 Å². The second-order valence-electron chi connectivity index (χ2n) is 5.82. The number of amides is 1. The van der Waals surface area contributed by atoms with E-state index in [0.717, 1.165) is 12.1 Å². The number of ether oxygens (including phenoxy) is 1. The summed E-state index contributed by atoms with van der Waals surface area (Å²) in [7, 11) is 1.49. The lowest BCUT2D eigenvalue weighted by molar-refractivity contribution is -0.137. The Kier molecular flexibility index (Phi) is 5.49. The lowest BCUT2D eigenvalue weighted by Gasteiger charge is -2.12. The van der Waals surface area contributed by atoms with Gasteiger partial charge >= 0.3 is 6.18 Å². The van der Waals surface area contributed by atoms with E-state index in [0.29, 0.717) is 17.1 Å². The first-order chi connectivity index (χ1) is 13.4. The Morgan fingerprint density at radius 3 is 2.54 bits per heavy atom. The summed E-state index contributed by atoms with van der Waals surface area (Å²) in [6.07, 6.45) is -1.66. The minimum absolute atomic E-state index is 0.235. The average Bonchev–Trinajstić information content (AvgIpc) is 2.68. The number of benzene rings is 2. The molecule has 0 saturated carbocycles. The number of halogens is 3. The van der Waals surface area contributed by atoms with Crippen molar-refractivity contribution in [3.05, 3.63) is 78.1 Å². The lowest BCUT2D eigenvalue weighted by Crippen LogP contribution is -2.13. The van der Waals surface area contributed by atoms with E-state index in [1.54, 1.807) is 24.3 Å². The van der Waals surface area contributed by atoms with Crippen LogP contribution in [0.2, 0.25) is 0 Å². The summed E-state index contributed by atoms with van der Waals surface area (Å²) >= 11 is 0. The first kappa shape index (κ1) is 19.2. The zero-order valence-corrected chi connectivity index (χ0v) is 14.7. The lowest BCUT2D eigenvalue weighted by atomic mass is 10.2. The molecule has 0 saturated heterocycles. The molecular weight excluding hydrogens is 371 g/mol. The zero-order valence-electron chi connectivity index (χ0n) is 14.7. The molecule has 1 heterocycles. The van der Waals surface area contributed by atoms with Gasteiger partial charge in [-0.05, 0) is 36.4 Å². The molecule has 28 heavy (non-hydrogen) atoms. The molecule has 0 radical (unpaired) electrons. The Hall–Kier alpha value is -3.55. The summed E-state index contributed by atoms with van der Waals surface area (Å²) in [5.41, 5.74) is 0.579. The third kappa shape index (κ3) is 4.59. The number of nitrogens with one attached hydrogen (secondary N) is 2. The minimum atomic E-state index is -4.44. The summed E-state index contributed by atoms with van der Waals surface area (Å²) in [5, 5.41) is 5.55. The van der Waals surface area contributed by atoms with Crippen LogP contribution in [0.3, 0.4) is 0 Å². The fourth-order valence-electron chi connectivity index (χ4n) is 2.51. The molecule has 0 atom stereocenters. The topological polar surface area (TPSA) is 63.2 Å². The summed E-state index contributed by atoms with van der Waals surface area (Å²) in [5.74, 6) is 0.0757. The molecule has 144 valence electrons. The number of hydrogen-bond acceptors (Lipinski definition) is 4. The van der Waals surface area contributed by atoms with Crippen molar-refractivity contribution < 1.29 is 22.7 Å². The van der Waals surface area contributed by atoms with Crippen LogP contribution >= 0.6 is 0 Å². The van der Waals surface area contributed by atoms with Crippen molar-refractivity contribution in [2.75, 3.05) is 17.7 Å². The second kappa shape index (κ2) is 7.99. The average molecular weight is 387 g/mol. The monoisotopic (exact) mass is 387 g/mol. The molecule has 3 rings (SSSR count). The van der Waals surface area contributed by atoms with Crippen LogP contribution in [-0.4, -0.2) is 18.0 Å². The highest BCUT2D eigenvalue weighted by Gasteiger charge is 2.30. The highest BCUT2D eigenvalue weighted by Crippen LogP contribution is 2.31. The molecule has 8 heteroatoms. The largest absolute Gasteiger partial charge is 0.495 e. The van der Waals surface area contributed by atoms with Gasteiger partial charge in [0, 0.05) is 11.9 Å². The molecule has 2 N–H and O–H groups in total.